The number of ketones is 1. The van der Waals surface area contributed by atoms with E-state index >= 15 is 0 Å². The Morgan fingerprint density at radius 3 is 2.86 bits per heavy atom. The summed E-state index contributed by atoms with van der Waals surface area (Å²) in [6, 6.07) is 0.446. The average molecular weight is 197 g/mol. The minimum Gasteiger partial charge on any atom is -0.300 e. The van der Waals surface area contributed by atoms with Crippen LogP contribution in [-0.2, 0) is 4.79 Å². The molecule has 1 fully saturated rings. The zero-order valence-electron chi connectivity index (χ0n) is 9.75. The maximum atomic E-state index is 11.0. The van der Waals surface area contributed by atoms with Gasteiger partial charge in [0.05, 0.1) is 0 Å². The zero-order chi connectivity index (χ0) is 10.6. The fourth-order valence-corrected chi connectivity index (χ4v) is 2.38. The van der Waals surface area contributed by atoms with E-state index in [9.17, 15) is 4.79 Å². The molecule has 2 atom stereocenters. The first-order chi connectivity index (χ1) is 6.63. The van der Waals surface area contributed by atoms with Crippen molar-refractivity contribution in [3.05, 3.63) is 0 Å². The molecule has 0 amide bonds. The summed E-state index contributed by atoms with van der Waals surface area (Å²) in [5, 5.41) is 0. The summed E-state index contributed by atoms with van der Waals surface area (Å²) < 4.78 is 0. The highest BCUT2D eigenvalue weighted by Gasteiger charge is 2.22. The third-order valence-corrected chi connectivity index (χ3v) is 3.33. The van der Waals surface area contributed by atoms with Crippen LogP contribution in [0.4, 0.5) is 0 Å². The minimum atomic E-state index is 0.316. The Labute approximate surface area is 87.7 Å². The van der Waals surface area contributed by atoms with Crippen LogP contribution in [0, 0.1) is 5.92 Å². The third-order valence-electron chi connectivity index (χ3n) is 3.33. The van der Waals surface area contributed by atoms with Crippen LogP contribution in [-0.4, -0.2) is 29.8 Å². The van der Waals surface area contributed by atoms with Gasteiger partial charge in [0.2, 0.25) is 0 Å². The molecule has 1 aliphatic heterocycles. The molecule has 0 aliphatic carbocycles. The standard InChI is InChI=1S/C12H23NO/c1-4-12-6-5-7-13(9-12)10(2)8-11(3)14/h10,12H,4-9H2,1-3H3. The van der Waals surface area contributed by atoms with Crippen molar-refractivity contribution in [1.82, 2.24) is 4.90 Å². The predicted octanol–water partition coefficient (Wildman–Crippen LogP) is 2.48. The lowest BCUT2D eigenvalue weighted by Crippen LogP contribution is -2.41. The Bertz CT molecular complexity index is 191. The van der Waals surface area contributed by atoms with Crippen LogP contribution in [0.15, 0.2) is 0 Å². The van der Waals surface area contributed by atoms with Crippen LogP contribution in [0.3, 0.4) is 0 Å². The molecule has 1 heterocycles. The van der Waals surface area contributed by atoms with E-state index in [2.05, 4.69) is 18.7 Å². The first-order valence-electron chi connectivity index (χ1n) is 5.87. The normalized spacial score (nSPS) is 26.1. The molecule has 0 aromatic heterocycles. The van der Waals surface area contributed by atoms with Crippen LogP contribution in [0.5, 0.6) is 0 Å². The van der Waals surface area contributed by atoms with Gasteiger partial charge < -0.3 is 0 Å². The summed E-state index contributed by atoms with van der Waals surface area (Å²) in [5.41, 5.74) is 0. The van der Waals surface area contributed by atoms with Gasteiger partial charge in [0, 0.05) is 19.0 Å². The molecular weight excluding hydrogens is 174 g/mol. The molecule has 0 aromatic carbocycles. The van der Waals surface area contributed by atoms with E-state index in [0.717, 1.165) is 12.3 Å². The quantitative estimate of drug-likeness (QED) is 0.690. The Morgan fingerprint density at radius 1 is 1.57 bits per heavy atom. The minimum absolute atomic E-state index is 0.316. The number of Topliss-reactive ketones (excluding diaryl/α,β-unsaturated/α-hetero) is 1. The van der Waals surface area contributed by atoms with E-state index in [0.29, 0.717) is 11.8 Å². The predicted molar refractivity (Wildman–Crippen MR) is 59.3 cm³/mol. The van der Waals surface area contributed by atoms with E-state index in [1.165, 1.54) is 32.4 Å². The molecular formula is C12H23NO. The first-order valence-corrected chi connectivity index (χ1v) is 5.87. The van der Waals surface area contributed by atoms with Gasteiger partial charge in [0.25, 0.3) is 0 Å². The SMILES string of the molecule is CCC1CCCN(C(C)CC(C)=O)C1. The second-order valence-electron chi connectivity index (χ2n) is 4.67. The number of carbonyl (C=O) groups is 1. The molecule has 0 saturated carbocycles. The van der Waals surface area contributed by atoms with Gasteiger partial charge in [-0.25, -0.2) is 0 Å². The lowest BCUT2D eigenvalue weighted by atomic mass is 9.94. The fraction of sp³-hybridized carbons (Fsp3) is 0.917. The molecule has 1 saturated heterocycles. The summed E-state index contributed by atoms with van der Waals surface area (Å²) in [6.45, 7) is 8.52. The van der Waals surface area contributed by atoms with Crippen LogP contribution < -0.4 is 0 Å². The number of carbonyl (C=O) groups excluding carboxylic acids is 1. The molecule has 2 unspecified atom stereocenters. The lowest BCUT2D eigenvalue weighted by Gasteiger charge is -2.36. The molecule has 2 nitrogen and oxygen atoms in total. The van der Waals surface area contributed by atoms with Crippen molar-refractivity contribution < 1.29 is 4.79 Å². The summed E-state index contributed by atoms with van der Waals surface area (Å²) in [6.07, 6.45) is 4.68. The highest BCUT2D eigenvalue weighted by Crippen LogP contribution is 2.21. The number of nitrogens with zero attached hydrogens (tertiary/aromatic N) is 1. The van der Waals surface area contributed by atoms with Gasteiger partial charge in [-0.1, -0.05) is 13.3 Å². The summed E-state index contributed by atoms with van der Waals surface area (Å²) in [5.74, 6) is 1.18. The van der Waals surface area contributed by atoms with Crippen LogP contribution in [0.1, 0.15) is 46.5 Å². The van der Waals surface area contributed by atoms with Gasteiger partial charge >= 0.3 is 0 Å². The van der Waals surface area contributed by atoms with Crippen LogP contribution in [0.2, 0.25) is 0 Å². The van der Waals surface area contributed by atoms with Gasteiger partial charge in [-0.05, 0) is 39.2 Å². The van der Waals surface area contributed by atoms with E-state index in [4.69, 9.17) is 0 Å². The Kier molecular flexibility index (Phi) is 4.59. The van der Waals surface area contributed by atoms with E-state index < -0.39 is 0 Å². The van der Waals surface area contributed by atoms with Crippen molar-refractivity contribution in [2.45, 2.75) is 52.5 Å². The van der Waals surface area contributed by atoms with Gasteiger partial charge in [-0.15, -0.1) is 0 Å². The van der Waals surface area contributed by atoms with Crippen molar-refractivity contribution >= 4 is 5.78 Å². The number of hydrogen-bond donors (Lipinski definition) is 0. The second kappa shape index (κ2) is 5.50. The summed E-state index contributed by atoms with van der Waals surface area (Å²) in [7, 11) is 0. The first kappa shape index (κ1) is 11.7. The number of hydrogen-bond acceptors (Lipinski definition) is 2. The van der Waals surface area contributed by atoms with Gasteiger partial charge in [0.1, 0.15) is 5.78 Å². The molecule has 0 radical (unpaired) electrons. The maximum absolute atomic E-state index is 11.0. The fourth-order valence-electron chi connectivity index (χ4n) is 2.38. The topological polar surface area (TPSA) is 20.3 Å². The van der Waals surface area contributed by atoms with E-state index in [1.54, 1.807) is 6.92 Å². The molecule has 2 heteroatoms. The summed E-state index contributed by atoms with van der Waals surface area (Å²) >= 11 is 0. The molecule has 0 bridgehead atoms. The Balaban J connectivity index is 2.38. The molecule has 0 spiro atoms. The van der Waals surface area contributed by atoms with Crippen molar-refractivity contribution in [1.29, 1.82) is 0 Å². The maximum Gasteiger partial charge on any atom is 0.131 e. The largest absolute Gasteiger partial charge is 0.300 e. The van der Waals surface area contributed by atoms with E-state index in [1.807, 2.05) is 0 Å². The molecule has 82 valence electrons. The Hall–Kier alpha value is -0.370. The number of rotatable bonds is 4. The summed E-state index contributed by atoms with van der Waals surface area (Å²) in [4.78, 5) is 13.5. The van der Waals surface area contributed by atoms with Crippen molar-refractivity contribution in [2.75, 3.05) is 13.1 Å². The molecule has 1 rings (SSSR count). The smallest absolute Gasteiger partial charge is 0.131 e. The average Bonchev–Trinajstić information content (AvgIpc) is 2.17. The van der Waals surface area contributed by atoms with Gasteiger partial charge in [-0.2, -0.15) is 0 Å². The van der Waals surface area contributed by atoms with Crippen molar-refractivity contribution in [3.8, 4) is 0 Å². The highest BCUT2D eigenvalue weighted by atomic mass is 16.1. The van der Waals surface area contributed by atoms with E-state index in [-0.39, 0.29) is 0 Å². The van der Waals surface area contributed by atoms with Crippen molar-refractivity contribution in [3.63, 3.8) is 0 Å². The lowest BCUT2D eigenvalue weighted by molar-refractivity contribution is -0.118. The molecule has 0 N–H and O–H groups in total. The van der Waals surface area contributed by atoms with Gasteiger partial charge in [0.15, 0.2) is 0 Å². The second-order valence-corrected chi connectivity index (χ2v) is 4.67. The van der Waals surface area contributed by atoms with Crippen molar-refractivity contribution in [2.24, 2.45) is 5.92 Å². The number of piperidine rings is 1. The molecule has 1 aliphatic rings. The zero-order valence-corrected chi connectivity index (χ0v) is 9.75. The molecule has 14 heavy (non-hydrogen) atoms. The molecule has 0 aromatic rings. The highest BCUT2D eigenvalue weighted by molar-refractivity contribution is 5.76. The number of likely N-dealkylation sites (tertiary alicyclic amines) is 1. The van der Waals surface area contributed by atoms with Gasteiger partial charge in [-0.3, -0.25) is 9.69 Å². The van der Waals surface area contributed by atoms with Crippen LogP contribution >= 0.6 is 0 Å². The van der Waals surface area contributed by atoms with Crippen LogP contribution in [0.25, 0.3) is 0 Å². The monoisotopic (exact) mass is 197 g/mol. The Morgan fingerprint density at radius 2 is 2.29 bits per heavy atom. The third kappa shape index (κ3) is 3.41.